The third-order valence-corrected chi connectivity index (χ3v) is 5.29. The van der Waals surface area contributed by atoms with Gasteiger partial charge in [-0.25, -0.2) is 0 Å². The zero-order valence-corrected chi connectivity index (χ0v) is 8.26. The highest BCUT2D eigenvalue weighted by atomic mass is 32.2. The Kier molecular flexibility index (Phi) is 2.41. The van der Waals surface area contributed by atoms with Crippen LogP contribution in [0.3, 0.4) is 0 Å². The number of fused-ring (bicyclic) bond motifs is 2. The van der Waals surface area contributed by atoms with E-state index in [9.17, 15) is 9.00 Å². The van der Waals surface area contributed by atoms with Gasteiger partial charge in [-0.15, -0.1) is 0 Å². The van der Waals surface area contributed by atoms with Crippen LogP contribution in [0.2, 0.25) is 0 Å². The Balaban J connectivity index is 1.98. The number of aliphatic carboxylic acids is 1. The van der Waals surface area contributed by atoms with Crippen molar-refractivity contribution >= 4 is 16.8 Å². The number of carbonyl (C=O) groups is 1. The molecule has 0 spiro atoms. The largest absolute Gasteiger partial charge is 0.481 e. The Morgan fingerprint density at radius 3 is 2.31 bits per heavy atom. The van der Waals surface area contributed by atoms with Gasteiger partial charge in [0.15, 0.2) is 0 Å². The van der Waals surface area contributed by atoms with Crippen LogP contribution in [0.25, 0.3) is 0 Å². The number of rotatable bonds is 2. The maximum Gasteiger partial charge on any atom is 0.303 e. The molecule has 0 radical (unpaired) electrons. The number of hydrogen-bond acceptors (Lipinski definition) is 2. The molecule has 0 aliphatic carbocycles. The molecular weight excluding hydrogens is 188 g/mol. The summed E-state index contributed by atoms with van der Waals surface area (Å²) < 4.78 is 11.6. The van der Waals surface area contributed by atoms with E-state index in [-0.39, 0.29) is 12.3 Å². The molecule has 2 bridgehead atoms. The van der Waals surface area contributed by atoms with Gasteiger partial charge in [0.2, 0.25) is 0 Å². The van der Waals surface area contributed by atoms with Crippen molar-refractivity contribution in [3.05, 3.63) is 0 Å². The normalized spacial score (nSPS) is 43.4. The van der Waals surface area contributed by atoms with E-state index < -0.39 is 16.8 Å². The molecule has 0 amide bonds. The predicted molar refractivity (Wildman–Crippen MR) is 49.9 cm³/mol. The fourth-order valence-corrected chi connectivity index (χ4v) is 4.76. The van der Waals surface area contributed by atoms with E-state index in [4.69, 9.17) is 5.11 Å². The van der Waals surface area contributed by atoms with E-state index in [2.05, 4.69) is 0 Å². The first-order valence-corrected chi connectivity index (χ1v) is 6.05. The molecule has 0 aromatic heterocycles. The molecule has 2 aliphatic heterocycles. The minimum atomic E-state index is -0.711. The first-order valence-electron chi connectivity index (χ1n) is 4.78. The van der Waals surface area contributed by atoms with Gasteiger partial charge in [-0.2, -0.15) is 0 Å². The summed E-state index contributed by atoms with van der Waals surface area (Å²) in [5.41, 5.74) is 0. The summed E-state index contributed by atoms with van der Waals surface area (Å²) in [6.45, 7) is 0. The molecule has 3 nitrogen and oxygen atoms in total. The lowest BCUT2D eigenvalue weighted by molar-refractivity contribution is -0.138. The highest BCUT2D eigenvalue weighted by molar-refractivity contribution is 7.86. The second-order valence-corrected chi connectivity index (χ2v) is 6.08. The van der Waals surface area contributed by atoms with Gasteiger partial charge < -0.3 is 5.11 Å². The molecule has 4 heteroatoms. The molecule has 1 N–H and O–H groups in total. The molecule has 2 atom stereocenters. The van der Waals surface area contributed by atoms with Gasteiger partial charge in [0.05, 0.1) is 0 Å². The SMILES string of the molecule is O=C(O)CC1CC2CCC(C1)S2=O. The molecule has 2 unspecified atom stereocenters. The topological polar surface area (TPSA) is 54.4 Å². The highest BCUT2D eigenvalue weighted by Gasteiger charge is 2.40. The van der Waals surface area contributed by atoms with Crippen LogP contribution in [0.15, 0.2) is 0 Å². The second kappa shape index (κ2) is 3.40. The van der Waals surface area contributed by atoms with E-state index in [0.717, 1.165) is 25.7 Å². The van der Waals surface area contributed by atoms with Crippen molar-refractivity contribution in [2.75, 3.05) is 0 Å². The average Bonchev–Trinajstić information content (AvgIpc) is 2.33. The van der Waals surface area contributed by atoms with Crippen molar-refractivity contribution in [3.63, 3.8) is 0 Å². The van der Waals surface area contributed by atoms with Crippen LogP contribution in [0, 0.1) is 5.92 Å². The number of carboxylic acids is 1. The van der Waals surface area contributed by atoms with Crippen molar-refractivity contribution in [1.29, 1.82) is 0 Å². The lowest BCUT2D eigenvalue weighted by Crippen LogP contribution is -2.29. The van der Waals surface area contributed by atoms with Crippen LogP contribution >= 0.6 is 0 Å². The first kappa shape index (κ1) is 9.19. The predicted octanol–water partition coefficient (Wildman–Crippen LogP) is 1.15. The van der Waals surface area contributed by atoms with Gasteiger partial charge in [0, 0.05) is 27.7 Å². The molecule has 2 heterocycles. The molecule has 0 saturated carbocycles. The van der Waals surface area contributed by atoms with Gasteiger partial charge >= 0.3 is 5.97 Å². The maximum absolute atomic E-state index is 11.6. The molecule has 0 aromatic rings. The van der Waals surface area contributed by atoms with E-state index >= 15 is 0 Å². The minimum absolute atomic E-state index is 0.268. The second-order valence-electron chi connectivity index (χ2n) is 4.09. The highest BCUT2D eigenvalue weighted by Crippen LogP contribution is 2.39. The Bertz CT molecular complexity index is 235. The van der Waals surface area contributed by atoms with Gasteiger partial charge in [-0.1, -0.05) is 0 Å². The van der Waals surface area contributed by atoms with Gasteiger partial charge in [-0.05, 0) is 31.6 Å². The molecular formula is C9H14O3S. The van der Waals surface area contributed by atoms with Crippen LogP contribution in [0.4, 0.5) is 0 Å². The molecule has 2 aliphatic rings. The summed E-state index contributed by atoms with van der Waals surface area (Å²) in [6, 6.07) is 0. The van der Waals surface area contributed by atoms with Crippen LogP contribution < -0.4 is 0 Å². The van der Waals surface area contributed by atoms with E-state index in [1.54, 1.807) is 0 Å². The number of hydrogen-bond donors (Lipinski definition) is 1. The third kappa shape index (κ3) is 1.77. The van der Waals surface area contributed by atoms with Crippen molar-refractivity contribution in [2.24, 2.45) is 5.92 Å². The van der Waals surface area contributed by atoms with Crippen molar-refractivity contribution in [2.45, 2.75) is 42.6 Å². The molecule has 13 heavy (non-hydrogen) atoms. The summed E-state index contributed by atoms with van der Waals surface area (Å²) in [5.74, 6) is -0.426. The van der Waals surface area contributed by atoms with Crippen LogP contribution in [0.1, 0.15) is 32.1 Å². The summed E-state index contributed by atoms with van der Waals surface area (Å²) in [6.07, 6.45) is 4.11. The fourth-order valence-electron chi connectivity index (χ4n) is 2.56. The summed E-state index contributed by atoms with van der Waals surface area (Å²) >= 11 is 0. The lowest BCUT2D eigenvalue weighted by Gasteiger charge is -2.25. The quantitative estimate of drug-likeness (QED) is 0.730. The Morgan fingerprint density at radius 2 is 1.85 bits per heavy atom. The minimum Gasteiger partial charge on any atom is -0.481 e. The zero-order chi connectivity index (χ0) is 9.42. The van der Waals surface area contributed by atoms with Gasteiger partial charge in [-0.3, -0.25) is 9.00 Å². The molecule has 74 valence electrons. The molecule has 2 rings (SSSR count). The van der Waals surface area contributed by atoms with Crippen molar-refractivity contribution < 1.29 is 14.1 Å². The lowest BCUT2D eigenvalue weighted by atomic mass is 9.96. The van der Waals surface area contributed by atoms with Gasteiger partial charge in [0.25, 0.3) is 0 Å². The summed E-state index contributed by atoms with van der Waals surface area (Å²) in [4.78, 5) is 10.5. The zero-order valence-electron chi connectivity index (χ0n) is 7.44. The van der Waals surface area contributed by atoms with E-state index in [1.807, 2.05) is 0 Å². The van der Waals surface area contributed by atoms with E-state index in [0.29, 0.717) is 10.5 Å². The molecule has 0 aromatic carbocycles. The summed E-state index contributed by atoms with van der Waals surface area (Å²) in [7, 11) is -0.647. The molecule has 2 saturated heterocycles. The summed E-state index contributed by atoms with van der Waals surface area (Å²) in [5, 5.41) is 9.27. The van der Waals surface area contributed by atoms with Crippen LogP contribution in [-0.4, -0.2) is 25.8 Å². The van der Waals surface area contributed by atoms with E-state index in [1.165, 1.54) is 0 Å². The van der Waals surface area contributed by atoms with Crippen LogP contribution in [-0.2, 0) is 15.6 Å². The van der Waals surface area contributed by atoms with Crippen molar-refractivity contribution in [1.82, 2.24) is 0 Å². The standard InChI is InChI=1S/C9H14O3S/c10-9(11)5-6-3-7-1-2-8(4-6)13(7)12/h6-8H,1-5H2,(H,10,11). The Labute approximate surface area is 80.0 Å². The first-order chi connectivity index (χ1) is 6.16. The average molecular weight is 202 g/mol. The third-order valence-electron chi connectivity index (χ3n) is 3.12. The Morgan fingerprint density at radius 1 is 1.31 bits per heavy atom. The Hall–Kier alpha value is -0.380. The van der Waals surface area contributed by atoms with Crippen LogP contribution in [0.5, 0.6) is 0 Å². The van der Waals surface area contributed by atoms with Gasteiger partial charge in [0.1, 0.15) is 0 Å². The maximum atomic E-state index is 11.6. The number of carboxylic acid groups (broad SMARTS) is 1. The molecule has 2 fully saturated rings. The smallest absolute Gasteiger partial charge is 0.303 e. The fraction of sp³-hybridized carbons (Fsp3) is 0.889. The monoisotopic (exact) mass is 202 g/mol. The van der Waals surface area contributed by atoms with Crippen molar-refractivity contribution in [3.8, 4) is 0 Å².